The van der Waals surface area contributed by atoms with Gasteiger partial charge in [-0.15, -0.1) is 0 Å². The molecule has 2 aliphatic heterocycles. The Labute approximate surface area is 312 Å². The summed E-state index contributed by atoms with van der Waals surface area (Å²) >= 11 is 0. The number of ether oxygens (including phenoxy) is 3. The summed E-state index contributed by atoms with van der Waals surface area (Å²) in [7, 11) is -4.36. The van der Waals surface area contributed by atoms with Crippen molar-refractivity contribution in [2.45, 2.75) is 73.0 Å². The fourth-order valence-corrected chi connectivity index (χ4v) is 8.27. The molecular formula is C38H50N2O11S2. The molecule has 290 valence electrons. The predicted molar refractivity (Wildman–Crippen MR) is 200 cm³/mol. The Morgan fingerprint density at radius 2 is 1.49 bits per heavy atom. The Bertz CT molecular complexity index is 2000. The molecule has 2 heterocycles. The molecule has 2 aliphatic rings. The smallest absolute Gasteiger partial charge is 0.303 e. The van der Waals surface area contributed by atoms with E-state index in [-0.39, 0.29) is 16.2 Å². The quantitative estimate of drug-likeness (QED) is 0.0765. The highest BCUT2D eigenvalue weighted by molar-refractivity contribution is 7.86. The molecule has 0 saturated carbocycles. The van der Waals surface area contributed by atoms with Crippen LogP contribution in [-0.2, 0) is 50.1 Å². The van der Waals surface area contributed by atoms with Crippen molar-refractivity contribution in [2.24, 2.45) is 0 Å². The van der Waals surface area contributed by atoms with E-state index in [1.807, 2.05) is 44.2 Å². The van der Waals surface area contributed by atoms with Crippen LogP contribution in [0.4, 0.5) is 11.4 Å². The van der Waals surface area contributed by atoms with Gasteiger partial charge in [0.05, 0.1) is 21.8 Å². The van der Waals surface area contributed by atoms with Gasteiger partial charge in [0.15, 0.2) is 5.71 Å². The lowest BCUT2D eigenvalue weighted by molar-refractivity contribution is -0.438. The van der Waals surface area contributed by atoms with Crippen LogP contribution in [0.5, 0.6) is 0 Å². The number of allylic oxidation sites excluding steroid dienone is 6. The van der Waals surface area contributed by atoms with E-state index in [1.54, 1.807) is 33.5 Å². The fourth-order valence-electron chi connectivity index (χ4n) is 7.26. The zero-order chi connectivity index (χ0) is 39.0. The minimum atomic E-state index is -4.71. The zero-order valence-corrected chi connectivity index (χ0v) is 32.5. The molecule has 0 amide bonds. The van der Waals surface area contributed by atoms with Gasteiger partial charge < -0.3 is 28.8 Å². The molecule has 15 heteroatoms. The normalized spacial score (nSPS) is 21.0. The van der Waals surface area contributed by atoms with E-state index < -0.39 is 37.0 Å². The highest BCUT2D eigenvalue weighted by Gasteiger charge is 2.48. The van der Waals surface area contributed by atoms with E-state index >= 15 is 0 Å². The topological polar surface area (TPSA) is 183 Å². The molecule has 0 radical (unpaired) electrons. The monoisotopic (exact) mass is 774 g/mol. The van der Waals surface area contributed by atoms with Gasteiger partial charge in [0, 0.05) is 88.4 Å². The van der Waals surface area contributed by atoms with Gasteiger partial charge in [-0.2, -0.15) is 13.0 Å². The van der Waals surface area contributed by atoms with Crippen molar-refractivity contribution in [1.82, 2.24) is 0 Å². The average molecular weight is 775 g/mol. The number of methoxy groups -OCH3 is 3. The van der Waals surface area contributed by atoms with Crippen LogP contribution < -0.4 is 4.90 Å². The molecule has 0 aromatic heterocycles. The summed E-state index contributed by atoms with van der Waals surface area (Å²) < 4.78 is 88.6. The van der Waals surface area contributed by atoms with E-state index in [2.05, 4.69) is 9.48 Å². The number of carboxylic acid groups (broad SMARTS) is 1. The first-order valence-corrected chi connectivity index (χ1v) is 20.3. The van der Waals surface area contributed by atoms with Crippen LogP contribution >= 0.6 is 0 Å². The summed E-state index contributed by atoms with van der Waals surface area (Å²) in [5, 5.41) is 9.09. The molecule has 13 nitrogen and oxygen atoms in total. The van der Waals surface area contributed by atoms with Gasteiger partial charge in [-0.25, -0.2) is 8.42 Å². The molecule has 0 bridgehead atoms. The van der Waals surface area contributed by atoms with Crippen molar-refractivity contribution in [1.29, 1.82) is 0 Å². The lowest BCUT2D eigenvalue weighted by Gasteiger charge is -2.30. The molecule has 4 rings (SSSR count). The highest BCUT2D eigenvalue weighted by Crippen LogP contribution is 2.50. The van der Waals surface area contributed by atoms with Crippen molar-refractivity contribution in [2.75, 3.05) is 59.1 Å². The number of unbranched alkanes of at least 4 members (excludes halogenated alkanes) is 2. The van der Waals surface area contributed by atoms with Crippen LogP contribution in [0.25, 0.3) is 0 Å². The third kappa shape index (κ3) is 9.52. The molecule has 53 heavy (non-hydrogen) atoms. The number of fused-ring (bicyclic) bond motifs is 2. The minimum absolute atomic E-state index is 0.0732. The van der Waals surface area contributed by atoms with Gasteiger partial charge in [-0.1, -0.05) is 18.2 Å². The largest absolute Gasteiger partial charge is 0.744 e. The summed E-state index contributed by atoms with van der Waals surface area (Å²) in [4.78, 5) is 12.7. The second-order valence-corrected chi connectivity index (χ2v) is 16.4. The molecule has 2 atom stereocenters. The molecule has 2 aromatic carbocycles. The van der Waals surface area contributed by atoms with Crippen molar-refractivity contribution >= 4 is 43.3 Å². The lowest BCUT2D eigenvalue weighted by atomic mass is 9.76. The van der Waals surface area contributed by atoms with E-state index in [4.69, 9.17) is 19.3 Å². The second-order valence-electron chi connectivity index (χ2n) is 13.6. The first kappa shape index (κ1) is 42.0. The van der Waals surface area contributed by atoms with E-state index in [0.29, 0.717) is 70.6 Å². The third-order valence-corrected chi connectivity index (χ3v) is 11.8. The van der Waals surface area contributed by atoms with Gasteiger partial charge in [0.25, 0.3) is 10.1 Å². The highest BCUT2D eigenvalue weighted by atomic mass is 32.2. The van der Waals surface area contributed by atoms with Crippen LogP contribution in [0.3, 0.4) is 0 Å². The van der Waals surface area contributed by atoms with Crippen molar-refractivity contribution in [3.05, 3.63) is 83.6 Å². The minimum Gasteiger partial charge on any atom is -0.744 e. The zero-order valence-electron chi connectivity index (χ0n) is 30.9. The van der Waals surface area contributed by atoms with Crippen molar-refractivity contribution < 1.29 is 54.6 Å². The SMILES string of the molecule is COCCN1C(=CC=CC=CC2=[N+](CCCCCC(=O)O)c3ccc(S(=O)(=O)[O-])cc3C2(C)CCOC)C(C)(CCOC)c2cc(S(=O)(=O)O)ccc21. The molecule has 0 aliphatic carbocycles. The number of carbonyl (C=O) groups is 1. The van der Waals surface area contributed by atoms with Gasteiger partial charge in [0.1, 0.15) is 16.7 Å². The number of anilines is 1. The van der Waals surface area contributed by atoms with Crippen LogP contribution in [0.15, 0.2) is 82.3 Å². The molecule has 0 spiro atoms. The van der Waals surface area contributed by atoms with Gasteiger partial charge in [0.2, 0.25) is 5.69 Å². The van der Waals surface area contributed by atoms with E-state index in [0.717, 1.165) is 28.3 Å². The summed E-state index contributed by atoms with van der Waals surface area (Å²) in [6, 6.07) is 9.02. The third-order valence-electron chi connectivity index (χ3n) is 10.1. The maximum atomic E-state index is 12.1. The Morgan fingerprint density at radius 1 is 0.849 bits per heavy atom. The van der Waals surface area contributed by atoms with Crippen LogP contribution in [-0.4, -0.2) is 102 Å². The summed E-state index contributed by atoms with van der Waals surface area (Å²) in [6.45, 7) is 6.21. The van der Waals surface area contributed by atoms with Gasteiger partial charge in [-0.3, -0.25) is 9.35 Å². The average Bonchev–Trinajstić information content (AvgIpc) is 3.47. The van der Waals surface area contributed by atoms with Crippen LogP contribution in [0.2, 0.25) is 0 Å². The van der Waals surface area contributed by atoms with Crippen molar-refractivity contribution in [3.63, 3.8) is 0 Å². The number of hydrogen-bond acceptors (Lipinski definition) is 10. The van der Waals surface area contributed by atoms with Gasteiger partial charge in [-0.05, 0) is 81.5 Å². The maximum Gasteiger partial charge on any atom is 0.303 e. The van der Waals surface area contributed by atoms with Crippen LogP contribution in [0.1, 0.15) is 63.5 Å². The number of nitrogens with zero attached hydrogens (tertiary/aromatic N) is 2. The second kappa shape index (κ2) is 17.6. The number of hydrogen-bond donors (Lipinski definition) is 2. The number of carboxylic acids is 1. The number of benzene rings is 2. The van der Waals surface area contributed by atoms with Crippen LogP contribution in [0, 0.1) is 0 Å². The van der Waals surface area contributed by atoms with Gasteiger partial charge >= 0.3 is 5.97 Å². The molecule has 2 N–H and O–H groups in total. The first-order chi connectivity index (χ1) is 25.0. The Hall–Kier alpha value is -3.70. The summed E-state index contributed by atoms with van der Waals surface area (Å²) in [6.07, 6.45) is 12.6. The molecule has 0 saturated heterocycles. The predicted octanol–water partition coefficient (Wildman–Crippen LogP) is 5.33. The Kier molecular flexibility index (Phi) is 14.0. The number of aliphatic carboxylic acids is 1. The number of rotatable bonds is 20. The summed E-state index contributed by atoms with van der Waals surface area (Å²) in [5.41, 5.74) is 3.37. The fraction of sp³-hybridized carbons (Fsp3) is 0.474. The van der Waals surface area contributed by atoms with E-state index in [1.165, 1.54) is 24.3 Å². The molecule has 0 fully saturated rings. The lowest BCUT2D eigenvalue weighted by Crippen LogP contribution is -2.33. The Balaban J connectivity index is 1.77. The van der Waals surface area contributed by atoms with Crippen molar-refractivity contribution in [3.8, 4) is 0 Å². The summed E-state index contributed by atoms with van der Waals surface area (Å²) in [5.74, 6) is -0.850. The molecular weight excluding hydrogens is 725 g/mol. The van der Waals surface area contributed by atoms with E-state index in [9.17, 15) is 30.7 Å². The Morgan fingerprint density at radius 3 is 2.11 bits per heavy atom. The molecule has 2 unspecified atom stereocenters. The first-order valence-electron chi connectivity index (χ1n) is 17.4. The standard InChI is InChI=1S/C38H50N2O11S2/c1-37(19-23-49-3)30-26-28(52(43,44)45)15-17-32(30)39(21-11-7-10-14-36(41)42)34(37)12-8-6-9-13-35-38(2,20-24-50-4)31-27-29(53(46,47)48)16-18-33(31)40(35)22-25-51-5/h6,8-9,12-13,15-18,26-27H,7,10-11,14,19-25H2,1-5H3,(H2-,41,42,43,44,45,46,47,48). The molecule has 2 aromatic rings. The maximum absolute atomic E-state index is 12.1.